The summed E-state index contributed by atoms with van der Waals surface area (Å²) in [6.07, 6.45) is 3.58. The monoisotopic (exact) mass is 407 g/mol. The molecule has 4 rings (SSSR count). The second-order valence-electron chi connectivity index (χ2n) is 6.88. The zero-order valence-electron chi connectivity index (χ0n) is 16.2. The average molecular weight is 407 g/mol. The molecule has 0 spiro atoms. The number of nitrogens with one attached hydrogen (secondary N) is 1. The van der Waals surface area contributed by atoms with Crippen molar-refractivity contribution in [3.63, 3.8) is 0 Å². The van der Waals surface area contributed by atoms with Gasteiger partial charge in [-0.15, -0.1) is 5.10 Å². The Morgan fingerprint density at radius 2 is 1.60 bits per heavy atom. The van der Waals surface area contributed by atoms with Crippen molar-refractivity contribution < 1.29 is 13.6 Å². The summed E-state index contributed by atoms with van der Waals surface area (Å²) in [6.45, 7) is 2.13. The van der Waals surface area contributed by atoms with Gasteiger partial charge in [-0.1, -0.05) is 29.5 Å². The number of carbonyl (C=O) groups is 1. The van der Waals surface area contributed by atoms with Crippen LogP contribution in [0.4, 0.5) is 8.78 Å². The molecule has 4 aromatic rings. The van der Waals surface area contributed by atoms with Gasteiger partial charge < -0.3 is 9.88 Å². The molecule has 0 saturated carbocycles. The van der Waals surface area contributed by atoms with E-state index in [4.69, 9.17) is 0 Å². The highest BCUT2D eigenvalue weighted by molar-refractivity contribution is 5.95. The van der Waals surface area contributed by atoms with Gasteiger partial charge >= 0.3 is 0 Å². The topological polar surface area (TPSA) is 64.7 Å². The normalized spacial score (nSPS) is 12.0. The Balaban J connectivity index is 1.62. The van der Waals surface area contributed by atoms with Gasteiger partial charge in [-0.05, 0) is 54.4 Å². The highest BCUT2D eigenvalue weighted by atomic mass is 19.1. The summed E-state index contributed by atoms with van der Waals surface area (Å²) in [4.78, 5) is 13.0. The molecule has 0 unspecified atom stereocenters. The molecule has 0 aliphatic rings. The van der Waals surface area contributed by atoms with Crippen LogP contribution >= 0.6 is 0 Å². The van der Waals surface area contributed by atoms with Gasteiger partial charge in [0.1, 0.15) is 11.6 Å². The molecule has 0 bridgehead atoms. The summed E-state index contributed by atoms with van der Waals surface area (Å²) in [5, 5.41) is 11.1. The van der Waals surface area contributed by atoms with Crippen LogP contribution in [0.1, 0.15) is 34.6 Å². The molecular formula is C22H19F2N5O. The number of hydrogen-bond donors (Lipinski definition) is 1. The van der Waals surface area contributed by atoms with Crippen molar-refractivity contribution >= 4 is 5.91 Å². The Morgan fingerprint density at radius 1 is 1.00 bits per heavy atom. The summed E-state index contributed by atoms with van der Waals surface area (Å²) in [7, 11) is 0. The van der Waals surface area contributed by atoms with Crippen LogP contribution in [0.5, 0.6) is 0 Å². The van der Waals surface area contributed by atoms with E-state index in [1.165, 1.54) is 24.3 Å². The molecule has 0 fully saturated rings. The quantitative estimate of drug-likeness (QED) is 0.528. The van der Waals surface area contributed by atoms with E-state index in [2.05, 4.69) is 15.6 Å². The van der Waals surface area contributed by atoms with Crippen molar-refractivity contribution in [2.24, 2.45) is 0 Å². The number of rotatable bonds is 6. The Bertz CT molecular complexity index is 1140. The molecule has 2 heterocycles. The maximum atomic E-state index is 13.2. The van der Waals surface area contributed by atoms with Crippen LogP contribution in [-0.4, -0.2) is 25.5 Å². The Hall–Kier alpha value is -3.81. The van der Waals surface area contributed by atoms with E-state index in [9.17, 15) is 13.6 Å². The third-order valence-electron chi connectivity index (χ3n) is 4.74. The van der Waals surface area contributed by atoms with Crippen LogP contribution in [0, 0.1) is 11.6 Å². The first kappa shape index (κ1) is 19.5. The Kier molecular flexibility index (Phi) is 5.38. The molecule has 6 nitrogen and oxygen atoms in total. The van der Waals surface area contributed by atoms with E-state index in [-0.39, 0.29) is 23.4 Å². The van der Waals surface area contributed by atoms with Gasteiger partial charge in [0.2, 0.25) is 0 Å². The molecule has 2 aromatic heterocycles. The summed E-state index contributed by atoms with van der Waals surface area (Å²) in [5.41, 5.74) is 1.74. The fourth-order valence-corrected chi connectivity index (χ4v) is 3.16. The van der Waals surface area contributed by atoms with E-state index >= 15 is 0 Å². The van der Waals surface area contributed by atoms with Crippen molar-refractivity contribution in [2.45, 2.75) is 19.5 Å². The largest absolute Gasteiger partial charge is 0.344 e. The van der Waals surface area contributed by atoms with Gasteiger partial charge in [0, 0.05) is 12.4 Å². The van der Waals surface area contributed by atoms with Crippen LogP contribution in [0.2, 0.25) is 0 Å². The summed E-state index contributed by atoms with van der Waals surface area (Å²) >= 11 is 0. The highest BCUT2D eigenvalue weighted by Crippen LogP contribution is 2.18. The maximum absolute atomic E-state index is 13.2. The molecule has 1 amide bonds. The molecule has 0 aliphatic carbocycles. The predicted octanol–water partition coefficient (Wildman–Crippen LogP) is 3.89. The fraction of sp³-hybridized carbons (Fsp3) is 0.136. The van der Waals surface area contributed by atoms with Crippen LogP contribution in [0.25, 0.3) is 5.82 Å². The summed E-state index contributed by atoms with van der Waals surface area (Å²) < 4.78 is 29.7. The first-order valence-electron chi connectivity index (χ1n) is 9.39. The standard InChI is InChI=1S/C22H19F2N5O/c1-15(17-6-10-19(24)11-7-17)25-21(30)20-22(28-12-2-3-13-28)29(27-26-20)14-16-4-8-18(23)9-5-16/h2-13,15H,14H2,1H3,(H,25,30)/t15-/m1/s1. The molecule has 0 aliphatic heterocycles. The molecule has 152 valence electrons. The second-order valence-corrected chi connectivity index (χ2v) is 6.88. The van der Waals surface area contributed by atoms with Crippen molar-refractivity contribution in [3.05, 3.63) is 102 Å². The number of benzene rings is 2. The molecule has 30 heavy (non-hydrogen) atoms. The molecular weight excluding hydrogens is 388 g/mol. The van der Waals surface area contributed by atoms with Gasteiger partial charge in [0.05, 0.1) is 12.6 Å². The smallest absolute Gasteiger partial charge is 0.276 e. The number of halogens is 2. The minimum absolute atomic E-state index is 0.155. The van der Waals surface area contributed by atoms with Crippen LogP contribution < -0.4 is 5.32 Å². The molecule has 1 atom stereocenters. The van der Waals surface area contributed by atoms with E-state index in [0.29, 0.717) is 12.4 Å². The van der Waals surface area contributed by atoms with Crippen molar-refractivity contribution in [3.8, 4) is 5.82 Å². The zero-order chi connectivity index (χ0) is 21.1. The van der Waals surface area contributed by atoms with E-state index in [1.54, 1.807) is 45.9 Å². The van der Waals surface area contributed by atoms with Gasteiger partial charge in [-0.25, -0.2) is 13.5 Å². The number of hydrogen-bond acceptors (Lipinski definition) is 3. The lowest BCUT2D eigenvalue weighted by atomic mass is 10.1. The molecule has 2 aromatic carbocycles. The van der Waals surface area contributed by atoms with Crippen molar-refractivity contribution in [2.75, 3.05) is 0 Å². The van der Waals surface area contributed by atoms with Gasteiger partial charge in [0.25, 0.3) is 5.91 Å². The fourth-order valence-electron chi connectivity index (χ4n) is 3.16. The third-order valence-corrected chi connectivity index (χ3v) is 4.74. The zero-order valence-corrected chi connectivity index (χ0v) is 16.2. The summed E-state index contributed by atoms with van der Waals surface area (Å²) in [6, 6.07) is 15.3. The third kappa shape index (κ3) is 4.12. The average Bonchev–Trinajstić information content (AvgIpc) is 3.40. The number of amides is 1. The molecule has 0 radical (unpaired) electrons. The SMILES string of the molecule is C[C@@H](NC(=O)c1nnn(Cc2ccc(F)cc2)c1-n1cccc1)c1ccc(F)cc1. The molecule has 8 heteroatoms. The lowest BCUT2D eigenvalue weighted by Crippen LogP contribution is -2.28. The van der Waals surface area contributed by atoms with Crippen LogP contribution in [0.15, 0.2) is 73.1 Å². The van der Waals surface area contributed by atoms with Gasteiger partial charge in [-0.3, -0.25) is 4.79 Å². The predicted molar refractivity (Wildman–Crippen MR) is 107 cm³/mol. The van der Waals surface area contributed by atoms with Crippen LogP contribution in [0.3, 0.4) is 0 Å². The van der Waals surface area contributed by atoms with Gasteiger partial charge in [0.15, 0.2) is 11.5 Å². The van der Waals surface area contributed by atoms with Crippen molar-refractivity contribution in [1.82, 2.24) is 24.9 Å². The number of carbonyl (C=O) groups excluding carboxylic acids is 1. The van der Waals surface area contributed by atoms with E-state index in [1.807, 2.05) is 19.1 Å². The van der Waals surface area contributed by atoms with E-state index in [0.717, 1.165) is 11.1 Å². The first-order chi connectivity index (χ1) is 14.5. The number of nitrogens with zero attached hydrogens (tertiary/aromatic N) is 4. The minimum Gasteiger partial charge on any atom is -0.344 e. The minimum atomic E-state index is -0.402. The van der Waals surface area contributed by atoms with Crippen molar-refractivity contribution in [1.29, 1.82) is 0 Å². The van der Waals surface area contributed by atoms with Gasteiger partial charge in [-0.2, -0.15) is 0 Å². The first-order valence-corrected chi connectivity index (χ1v) is 9.39. The maximum Gasteiger partial charge on any atom is 0.276 e. The Morgan fingerprint density at radius 3 is 2.23 bits per heavy atom. The Labute approximate surface area is 171 Å². The lowest BCUT2D eigenvalue weighted by Gasteiger charge is -2.14. The van der Waals surface area contributed by atoms with E-state index < -0.39 is 5.91 Å². The summed E-state index contributed by atoms with van der Waals surface area (Å²) in [5.74, 6) is -0.567. The molecule has 0 saturated heterocycles. The molecule has 1 N–H and O–H groups in total. The number of aromatic nitrogens is 4. The highest BCUT2D eigenvalue weighted by Gasteiger charge is 2.23. The van der Waals surface area contributed by atoms with Crippen LogP contribution in [-0.2, 0) is 6.54 Å². The lowest BCUT2D eigenvalue weighted by molar-refractivity contribution is 0.0934. The second kappa shape index (κ2) is 8.28.